The van der Waals surface area contributed by atoms with Gasteiger partial charge in [-0.2, -0.15) is 4.31 Å². The van der Waals surface area contributed by atoms with Gasteiger partial charge in [0.05, 0.1) is 17.0 Å². The Balaban J connectivity index is 1.57. The van der Waals surface area contributed by atoms with Gasteiger partial charge in [0.15, 0.2) is 0 Å². The number of carbonyl (C=O) groups excluding carboxylic acids is 2. The molecule has 9 heteroatoms. The number of halogens is 1. The summed E-state index contributed by atoms with van der Waals surface area (Å²) < 4.78 is 29.9. The molecule has 1 aliphatic heterocycles. The van der Waals surface area contributed by atoms with E-state index >= 15 is 0 Å². The highest BCUT2D eigenvalue weighted by Gasteiger charge is 2.47. The topological polar surface area (TPSA) is 87.6 Å². The Morgan fingerprint density at radius 1 is 0.943 bits per heavy atom. The van der Waals surface area contributed by atoms with Crippen LogP contribution in [-0.2, 0) is 26.2 Å². The summed E-state index contributed by atoms with van der Waals surface area (Å²) in [7, 11) is -4.14. The Labute approximate surface area is 216 Å². The van der Waals surface area contributed by atoms with Crippen molar-refractivity contribution in [1.29, 1.82) is 0 Å². The van der Waals surface area contributed by atoms with Crippen molar-refractivity contribution in [2.45, 2.75) is 23.9 Å². The number of hydrogen-bond donors (Lipinski definition) is 0. The third-order valence-corrected chi connectivity index (χ3v) is 8.51. The molecular formula is C26H20IN3O4S. The van der Waals surface area contributed by atoms with Crippen LogP contribution < -0.4 is 4.90 Å². The minimum Gasteiger partial charge on any atom is -0.274 e. The SMILES string of the molecule is O=C1CC(N(Cc2cccnc2)S(=O)(=O)c2ccc3ccccc3c2)C(=O)N1c1ccc(I)cc1. The van der Waals surface area contributed by atoms with Crippen LogP contribution in [0.2, 0.25) is 0 Å². The van der Waals surface area contributed by atoms with E-state index in [2.05, 4.69) is 27.6 Å². The Kier molecular flexibility index (Phi) is 6.39. The molecule has 0 saturated carbocycles. The van der Waals surface area contributed by atoms with Gasteiger partial charge in [-0.1, -0.05) is 36.4 Å². The second kappa shape index (κ2) is 9.48. The van der Waals surface area contributed by atoms with Crippen LogP contribution in [-0.4, -0.2) is 35.6 Å². The lowest BCUT2D eigenvalue weighted by molar-refractivity contribution is -0.122. The molecule has 1 fully saturated rings. The molecule has 1 saturated heterocycles. The molecule has 1 atom stereocenters. The number of hydrogen-bond acceptors (Lipinski definition) is 5. The number of aromatic nitrogens is 1. The molecule has 3 aromatic carbocycles. The van der Waals surface area contributed by atoms with Crippen LogP contribution in [0.15, 0.2) is 96.2 Å². The minimum atomic E-state index is -4.14. The largest absolute Gasteiger partial charge is 0.274 e. The van der Waals surface area contributed by atoms with Gasteiger partial charge < -0.3 is 0 Å². The van der Waals surface area contributed by atoms with E-state index in [1.54, 1.807) is 60.9 Å². The van der Waals surface area contributed by atoms with Gasteiger partial charge in [-0.25, -0.2) is 13.3 Å². The molecule has 0 N–H and O–H groups in total. The molecule has 1 aromatic heterocycles. The molecule has 0 spiro atoms. The monoisotopic (exact) mass is 597 g/mol. The highest BCUT2D eigenvalue weighted by atomic mass is 127. The van der Waals surface area contributed by atoms with E-state index in [1.807, 2.05) is 24.3 Å². The number of sulfonamides is 1. The Morgan fingerprint density at radius 3 is 2.40 bits per heavy atom. The van der Waals surface area contributed by atoms with Gasteiger partial charge in [-0.3, -0.25) is 14.6 Å². The van der Waals surface area contributed by atoms with Crippen molar-refractivity contribution in [2.24, 2.45) is 0 Å². The summed E-state index contributed by atoms with van der Waals surface area (Å²) in [5, 5.41) is 1.67. The fraction of sp³-hybridized carbons (Fsp3) is 0.115. The maximum atomic E-state index is 13.9. The summed E-state index contributed by atoms with van der Waals surface area (Å²) in [5.41, 5.74) is 1.04. The first kappa shape index (κ1) is 23.6. The van der Waals surface area contributed by atoms with Crippen LogP contribution in [0.3, 0.4) is 0 Å². The molecule has 1 unspecified atom stereocenters. The number of benzene rings is 3. The summed E-state index contributed by atoms with van der Waals surface area (Å²) in [4.78, 5) is 31.7. The van der Waals surface area contributed by atoms with E-state index in [0.717, 1.165) is 23.5 Å². The zero-order valence-electron chi connectivity index (χ0n) is 18.4. The van der Waals surface area contributed by atoms with Crippen LogP contribution in [0.4, 0.5) is 5.69 Å². The summed E-state index contributed by atoms with van der Waals surface area (Å²) in [5.74, 6) is -1.00. The number of pyridine rings is 1. The quantitative estimate of drug-likeness (QED) is 0.244. The summed E-state index contributed by atoms with van der Waals surface area (Å²) in [6.45, 7) is -0.0901. The standard InChI is InChI=1S/C26H20IN3O4S/c27-21-8-10-22(11-9-21)30-25(31)15-24(26(30)32)29(17-18-4-3-13-28-16-18)35(33,34)23-12-7-19-5-1-2-6-20(19)14-23/h1-14,16,24H,15,17H2. The van der Waals surface area contributed by atoms with E-state index in [-0.39, 0.29) is 17.9 Å². The van der Waals surface area contributed by atoms with E-state index < -0.39 is 27.9 Å². The van der Waals surface area contributed by atoms with Gasteiger partial charge in [0.1, 0.15) is 6.04 Å². The number of anilines is 1. The van der Waals surface area contributed by atoms with Crippen molar-refractivity contribution >= 4 is 60.9 Å². The van der Waals surface area contributed by atoms with Crippen molar-refractivity contribution < 1.29 is 18.0 Å². The van der Waals surface area contributed by atoms with Gasteiger partial charge in [0.25, 0.3) is 5.91 Å². The molecule has 176 valence electrons. The van der Waals surface area contributed by atoms with Crippen molar-refractivity contribution in [3.63, 3.8) is 0 Å². The molecule has 2 heterocycles. The lowest BCUT2D eigenvalue weighted by Crippen LogP contribution is -2.45. The predicted octanol–water partition coefficient (Wildman–Crippen LogP) is 4.36. The van der Waals surface area contributed by atoms with Gasteiger partial charge >= 0.3 is 0 Å². The van der Waals surface area contributed by atoms with E-state index in [1.165, 1.54) is 6.07 Å². The smallest absolute Gasteiger partial charge is 0.252 e. The van der Waals surface area contributed by atoms with Crippen molar-refractivity contribution in [2.75, 3.05) is 4.90 Å². The van der Waals surface area contributed by atoms with Gasteiger partial charge in [-0.15, -0.1) is 0 Å². The van der Waals surface area contributed by atoms with Crippen molar-refractivity contribution in [3.05, 3.63) is 100 Å². The highest BCUT2D eigenvalue weighted by molar-refractivity contribution is 14.1. The number of imide groups is 1. The summed E-state index contributed by atoms with van der Waals surface area (Å²) in [6, 6.07) is 21.6. The Morgan fingerprint density at radius 2 is 1.69 bits per heavy atom. The first-order chi connectivity index (χ1) is 16.8. The molecule has 0 radical (unpaired) electrons. The van der Waals surface area contributed by atoms with E-state index in [9.17, 15) is 18.0 Å². The van der Waals surface area contributed by atoms with E-state index in [0.29, 0.717) is 11.3 Å². The van der Waals surface area contributed by atoms with E-state index in [4.69, 9.17) is 0 Å². The molecular weight excluding hydrogens is 577 g/mol. The number of rotatable bonds is 6. The van der Waals surface area contributed by atoms with Crippen molar-refractivity contribution in [3.8, 4) is 0 Å². The molecule has 0 aliphatic carbocycles. The first-order valence-electron chi connectivity index (χ1n) is 10.9. The molecule has 2 amide bonds. The van der Waals surface area contributed by atoms with Crippen LogP contribution in [0.5, 0.6) is 0 Å². The van der Waals surface area contributed by atoms with Crippen LogP contribution in [0, 0.1) is 3.57 Å². The Bertz CT molecular complexity index is 1530. The molecule has 0 bridgehead atoms. The van der Waals surface area contributed by atoms with Crippen LogP contribution >= 0.6 is 22.6 Å². The number of carbonyl (C=O) groups is 2. The lowest BCUT2D eigenvalue weighted by atomic mass is 10.1. The van der Waals surface area contributed by atoms with Crippen LogP contribution in [0.1, 0.15) is 12.0 Å². The highest BCUT2D eigenvalue weighted by Crippen LogP contribution is 2.31. The number of fused-ring (bicyclic) bond motifs is 1. The lowest BCUT2D eigenvalue weighted by Gasteiger charge is -2.27. The maximum absolute atomic E-state index is 13.9. The minimum absolute atomic E-state index is 0.0630. The fourth-order valence-electron chi connectivity index (χ4n) is 4.20. The zero-order chi connectivity index (χ0) is 24.6. The average Bonchev–Trinajstić information content (AvgIpc) is 3.16. The molecule has 4 aromatic rings. The van der Waals surface area contributed by atoms with Crippen molar-refractivity contribution in [1.82, 2.24) is 9.29 Å². The molecule has 1 aliphatic rings. The fourth-order valence-corrected chi connectivity index (χ4v) is 6.16. The summed E-state index contributed by atoms with van der Waals surface area (Å²) in [6.07, 6.45) is 2.91. The predicted molar refractivity (Wildman–Crippen MR) is 141 cm³/mol. The summed E-state index contributed by atoms with van der Waals surface area (Å²) >= 11 is 2.14. The third-order valence-electron chi connectivity index (χ3n) is 5.94. The third kappa shape index (κ3) is 4.58. The molecule has 5 rings (SSSR count). The van der Waals surface area contributed by atoms with Crippen LogP contribution in [0.25, 0.3) is 10.8 Å². The zero-order valence-corrected chi connectivity index (χ0v) is 21.4. The van der Waals surface area contributed by atoms with Gasteiger partial charge in [0, 0.05) is 22.5 Å². The number of amides is 2. The Hall–Kier alpha value is -3.15. The normalized spacial score (nSPS) is 16.4. The number of nitrogens with zero attached hydrogens (tertiary/aromatic N) is 3. The van der Waals surface area contributed by atoms with Gasteiger partial charge in [0.2, 0.25) is 15.9 Å². The average molecular weight is 597 g/mol. The molecule has 7 nitrogen and oxygen atoms in total. The van der Waals surface area contributed by atoms with Gasteiger partial charge in [-0.05, 0) is 81.4 Å². The molecule has 35 heavy (non-hydrogen) atoms. The maximum Gasteiger partial charge on any atom is 0.252 e. The second-order valence-corrected chi connectivity index (χ2v) is 11.3. The second-order valence-electron chi connectivity index (χ2n) is 8.18. The first-order valence-corrected chi connectivity index (χ1v) is 13.4.